The smallest absolute Gasteiger partial charge is 0.306 e. The predicted octanol–water partition coefficient (Wildman–Crippen LogP) is 8.40. The molecule has 0 bridgehead atoms. The van der Waals surface area contributed by atoms with Crippen LogP contribution >= 0.6 is 0 Å². The van der Waals surface area contributed by atoms with E-state index in [-0.39, 0.29) is 0 Å². The first-order valence-corrected chi connectivity index (χ1v) is 18.2. The van der Waals surface area contributed by atoms with E-state index in [0.29, 0.717) is 43.4 Å². The molecule has 3 unspecified atom stereocenters. The molecule has 0 amide bonds. The van der Waals surface area contributed by atoms with Crippen LogP contribution in [0.3, 0.4) is 0 Å². The van der Waals surface area contributed by atoms with E-state index in [4.69, 9.17) is 0 Å². The molecule has 0 fully saturated rings. The van der Waals surface area contributed by atoms with Crippen LogP contribution in [-0.2, 0) is 14.4 Å². The van der Waals surface area contributed by atoms with Gasteiger partial charge in [0.2, 0.25) is 0 Å². The fourth-order valence-corrected chi connectivity index (χ4v) is 5.84. The van der Waals surface area contributed by atoms with Crippen molar-refractivity contribution in [3.8, 4) is 0 Å². The van der Waals surface area contributed by atoms with Crippen LogP contribution in [0.4, 0.5) is 0 Å². The van der Waals surface area contributed by atoms with Crippen LogP contribution in [0.5, 0.6) is 0 Å². The molecule has 0 aliphatic rings. The van der Waals surface area contributed by atoms with Crippen molar-refractivity contribution < 1.29 is 34.2 Å². The molecule has 0 aromatic carbocycles. The lowest BCUT2D eigenvalue weighted by Crippen LogP contribution is -2.52. The van der Waals surface area contributed by atoms with Gasteiger partial charge in [-0.1, -0.05) is 117 Å². The lowest BCUT2D eigenvalue weighted by Gasteiger charge is -2.41. The zero-order valence-electron chi connectivity index (χ0n) is 29.0. The van der Waals surface area contributed by atoms with E-state index in [9.17, 15) is 29.7 Å². The van der Waals surface area contributed by atoms with Crippen LogP contribution in [-0.4, -0.2) is 58.8 Å². The second-order valence-corrected chi connectivity index (χ2v) is 13.7. The highest BCUT2D eigenvalue weighted by atomic mass is 16.4. The second kappa shape index (κ2) is 27.4. The quantitative estimate of drug-likeness (QED) is 0.0442. The summed E-state index contributed by atoms with van der Waals surface area (Å²) in [7, 11) is 0. The van der Waals surface area contributed by atoms with Gasteiger partial charge >= 0.3 is 11.9 Å². The summed E-state index contributed by atoms with van der Waals surface area (Å²) in [5.74, 6) is -4.32. The fourth-order valence-electron chi connectivity index (χ4n) is 5.84. The minimum Gasteiger partial charge on any atom is -0.550 e. The normalized spacial score (nSPS) is 15.2. The van der Waals surface area contributed by atoms with Gasteiger partial charge in [-0.3, -0.25) is 9.59 Å². The third-order valence-electron chi connectivity index (χ3n) is 9.50. The Morgan fingerprint density at radius 2 is 0.886 bits per heavy atom. The van der Waals surface area contributed by atoms with Crippen LogP contribution in [0.15, 0.2) is 12.2 Å². The van der Waals surface area contributed by atoms with Gasteiger partial charge in [-0.05, 0) is 38.5 Å². The number of quaternary nitrogens is 1. The molecule has 0 spiro atoms. The third kappa shape index (κ3) is 23.5. The molecule has 2 N–H and O–H groups in total. The Bertz CT molecular complexity index is 707. The van der Waals surface area contributed by atoms with Gasteiger partial charge in [0, 0.05) is 31.1 Å². The van der Waals surface area contributed by atoms with Crippen LogP contribution < -0.4 is 5.11 Å². The van der Waals surface area contributed by atoms with Gasteiger partial charge in [-0.2, -0.15) is 0 Å². The summed E-state index contributed by atoms with van der Waals surface area (Å²) in [6.07, 6.45) is 29.1. The highest BCUT2D eigenvalue weighted by molar-refractivity contribution is 5.69. The zero-order valence-corrected chi connectivity index (χ0v) is 29.0. The number of allylic oxidation sites excluding steroid dienone is 2. The molecular weight excluding hydrogens is 554 g/mol. The SMILES string of the molecule is CCCCCCCCCCC/C=C/CCCCCCCCC[N+](CCC(C)C(=O)[O-])(CCC(C)C(=O)O)CCC(C)C(=O)O. The van der Waals surface area contributed by atoms with Crippen LogP contribution in [0.25, 0.3) is 0 Å². The van der Waals surface area contributed by atoms with Crippen molar-refractivity contribution in [1.29, 1.82) is 0 Å². The van der Waals surface area contributed by atoms with E-state index in [0.717, 1.165) is 25.8 Å². The Kier molecular flexibility index (Phi) is 26.2. The largest absolute Gasteiger partial charge is 0.550 e. The van der Waals surface area contributed by atoms with Crippen molar-refractivity contribution in [2.45, 2.75) is 163 Å². The Balaban J connectivity index is 4.42. The van der Waals surface area contributed by atoms with E-state index in [2.05, 4.69) is 19.1 Å². The van der Waals surface area contributed by atoms with E-state index in [1.54, 1.807) is 20.8 Å². The van der Waals surface area contributed by atoms with Crippen LogP contribution in [0.2, 0.25) is 0 Å². The van der Waals surface area contributed by atoms with Crippen molar-refractivity contribution in [2.24, 2.45) is 17.8 Å². The van der Waals surface area contributed by atoms with Gasteiger partial charge in [-0.15, -0.1) is 0 Å². The van der Waals surface area contributed by atoms with Crippen molar-refractivity contribution in [2.75, 3.05) is 26.2 Å². The van der Waals surface area contributed by atoms with Gasteiger partial charge in [-0.25, -0.2) is 0 Å². The highest BCUT2D eigenvalue weighted by Gasteiger charge is 2.30. The van der Waals surface area contributed by atoms with Crippen molar-refractivity contribution in [3.63, 3.8) is 0 Å². The molecular formula is C37H69NO6. The fraction of sp³-hybridized carbons (Fsp3) is 0.865. The minimum atomic E-state index is -1.07. The summed E-state index contributed by atoms with van der Waals surface area (Å²) in [5, 5.41) is 30.3. The molecule has 0 aromatic heterocycles. The van der Waals surface area contributed by atoms with Gasteiger partial charge in [0.15, 0.2) is 0 Å². The van der Waals surface area contributed by atoms with E-state index < -0.39 is 35.7 Å². The molecule has 0 radical (unpaired) electrons. The first-order chi connectivity index (χ1) is 21.0. The zero-order chi connectivity index (χ0) is 33.1. The Morgan fingerprint density at radius 3 is 1.25 bits per heavy atom. The first kappa shape index (κ1) is 42.1. The van der Waals surface area contributed by atoms with E-state index in [1.807, 2.05) is 0 Å². The second-order valence-electron chi connectivity index (χ2n) is 13.7. The van der Waals surface area contributed by atoms with Gasteiger partial charge < -0.3 is 24.6 Å². The van der Waals surface area contributed by atoms with E-state index in [1.165, 1.54) is 96.3 Å². The molecule has 0 rings (SSSR count). The summed E-state index contributed by atoms with van der Waals surface area (Å²) in [4.78, 5) is 34.4. The lowest BCUT2D eigenvalue weighted by molar-refractivity contribution is -0.929. The summed E-state index contributed by atoms with van der Waals surface area (Å²) >= 11 is 0. The molecule has 0 aromatic rings. The van der Waals surface area contributed by atoms with Crippen LogP contribution in [0, 0.1) is 17.8 Å². The van der Waals surface area contributed by atoms with Crippen LogP contribution in [0.1, 0.15) is 163 Å². The Morgan fingerprint density at radius 1 is 0.545 bits per heavy atom. The molecule has 3 atom stereocenters. The maximum Gasteiger partial charge on any atom is 0.306 e. The van der Waals surface area contributed by atoms with E-state index >= 15 is 0 Å². The molecule has 44 heavy (non-hydrogen) atoms. The average molecular weight is 624 g/mol. The van der Waals surface area contributed by atoms with Gasteiger partial charge in [0.1, 0.15) is 0 Å². The average Bonchev–Trinajstić information content (AvgIpc) is 2.99. The summed E-state index contributed by atoms with van der Waals surface area (Å²) in [6.45, 7) is 9.98. The topological polar surface area (TPSA) is 115 Å². The van der Waals surface area contributed by atoms with Gasteiger partial charge in [0.25, 0.3) is 0 Å². The number of nitrogens with zero attached hydrogens (tertiary/aromatic N) is 1. The lowest BCUT2D eigenvalue weighted by atomic mass is 10.0. The number of carboxylic acids is 3. The van der Waals surface area contributed by atoms with Crippen molar-refractivity contribution in [1.82, 2.24) is 0 Å². The predicted molar refractivity (Wildman–Crippen MR) is 179 cm³/mol. The molecule has 0 heterocycles. The molecule has 0 saturated heterocycles. The molecule has 7 nitrogen and oxygen atoms in total. The Hall–Kier alpha value is -1.89. The highest BCUT2D eigenvalue weighted by Crippen LogP contribution is 2.22. The third-order valence-corrected chi connectivity index (χ3v) is 9.50. The Labute approximate surface area is 270 Å². The number of carbonyl (C=O) groups excluding carboxylic acids is 1. The number of hydrogen-bond donors (Lipinski definition) is 2. The molecule has 7 heteroatoms. The maximum absolute atomic E-state index is 11.5. The standard InChI is InChI=1S/C37H69NO6/c1-5-6-7-8-9-10-11-12-13-14-15-16-17-18-19-20-21-22-23-24-28-38(29-25-32(2)35(39)40,30-26-33(3)36(41)42)31-27-34(4)37(43)44/h15-16,32-34H,5-14,17-31H2,1-4H3,(H2-,39,40,41,42,43,44)/b16-15+. The molecule has 0 aliphatic carbocycles. The number of carbonyl (C=O) groups is 3. The monoisotopic (exact) mass is 624 g/mol. The first-order valence-electron chi connectivity index (χ1n) is 18.2. The molecule has 258 valence electrons. The number of hydrogen-bond acceptors (Lipinski definition) is 4. The summed E-state index contributed by atoms with van der Waals surface area (Å²) < 4.78 is 0.582. The summed E-state index contributed by atoms with van der Waals surface area (Å²) in [6, 6.07) is 0. The maximum atomic E-state index is 11.5. The molecule has 0 aliphatic heterocycles. The number of carboxylic acid groups (broad SMARTS) is 3. The molecule has 0 saturated carbocycles. The minimum absolute atomic E-state index is 0.443. The number of aliphatic carboxylic acids is 3. The number of unbranched alkanes of at least 4 members (excludes halogenated alkanes) is 16. The van der Waals surface area contributed by atoms with Crippen molar-refractivity contribution >= 4 is 17.9 Å². The summed E-state index contributed by atoms with van der Waals surface area (Å²) in [5.41, 5.74) is 0. The number of rotatable bonds is 32. The van der Waals surface area contributed by atoms with Gasteiger partial charge in [0.05, 0.1) is 38.0 Å². The van der Waals surface area contributed by atoms with Crippen molar-refractivity contribution in [3.05, 3.63) is 12.2 Å².